The third-order valence-electron chi connectivity index (χ3n) is 2.63. The molecule has 5 N–H and O–H groups in total. The standard InChI is InChI=1S/C10H20NO7PS2/c11-4-8(10(14)9-2-1-3-20-21-9)18-19(15,16)17-6-7(13)5-12/h7-9,12-13H,1-6,11H2,(H,15,16). The lowest BCUT2D eigenvalue weighted by Crippen LogP contribution is -2.38. The maximum atomic E-state index is 12.2. The van der Waals surface area contributed by atoms with E-state index in [1.807, 2.05) is 0 Å². The Morgan fingerprint density at radius 3 is 2.76 bits per heavy atom. The highest BCUT2D eigenvalue weighted by molar-refractivity contribution is 8.77. The molecule has 1 saturated heterocycles. The summed E-state index contributed by atoms with van der Waals surface area (Å²) in [4.78, 5) is 21.7. The van der Waals surface area contributed by atoms with Gasteiger partial charge < -0.3 is 20.8 Å². The summed E-state index contributed by atoms with van der Waals surface area (Å²) in [5.41, 5.74) is 5.43. The fourth-order valence-corrected chi connectivity index (χ4v) is 5.23. The molecule has 4 unspecified atom stereocenters. The monoisotopic (exact) mass is 361 g/mol. The number of rotatable bonds is 9. The molecule has 0 amide bonds. The summed E-state index contributed by atoms with van der Waals surface area (Å²) in [6.07, 6.45) is -0.966. The highest BCUT2D eigenvalue weighted by Crippen LogP contribution is 2.45. The van der Waals surface area contributed by atoms with Crippen molar-refractivity contribution in [2.75, 3.05) is 25.5 Å². The van der Waals surface area contributed by atoms with Crippen LogP contribution in [-0.4, -0.2) is 63.9 Å². The molecule has 0 aliphatic carbocycles. The Hall–Kier alpha value is 0.360. The van der Waals surface area contributed by atoms with Crippen LogP contribution in [0.4, 0.5) is 0 Å². The number of phosphoric acid groups is 1. The second-order valence-corrected chi connectivity index (χ2v) is 8.48. The molecular formula is C10H20NO7PS2. The van der Waals surface area contributed by atoms with E-state index in [9.17, 15) is 14.3 Å². The predicted octanol–water partition coefficient (Wildman–Crippen LogP) is -0.0866. The van der Waals surface area contributed by atoms with E-state index in [0.29, 0.717) is 6.42 Å². The first-order chi connectivity index (χ1) is 9.89. The minimum atomic E-state index is -4.53. The molecule has 21 heavy (non-hydrogen) atoms. The smallest absolute Gasteiger partial charge is 0.394 e. The van der Waals surface area contributed by atoms with Crippen molar-refractivity contribution < 1.29 is 33.5 Å². The van der Waals surface area contributed by atoms with Crippen LogP contribution in [0.2, 0.25) is 0 Å². The summed E-state index contributed by atoms with van der Waals surface area (Å²) in [6.45, 7) is -1.43. The largest absolute Gasteiger partial charge is 0.473 e. The fraction of sp³-hybridized carbons (Fsp3) is 0.900. The Balaban J connectivity index is 2.54. The molecule has 1 rings (SSSR count). The van der Waals surface area contributed by atoms with Gasteiger partial charge in [-0.15, -0.1) is 0 Å². The molecule has 0 aromatic carbocycles. The first-order valence-electron chi connectivity index (χ1n) is 6.36. The van der Waals surface area contributed by atoms with E-state index >= 15 is 0 Å². The molecule has 124 valence electrons. The van der Waals surface area contributed by atoms with Crippen LogP contribution in [0.5, 0.6) is 0 Å². The van der Waals surface area contributed by atoms with Gasteiger partial charge in [-0.2, -0.15) is 0 Å². The lowest BCUT2D eigenvalue weighted by atomic mass is 10.1. The van der Waals surface area contributed by atoms with Crippen LogP contribution in [0, 0.1) is 0 Å². The van der Waals surface area contributed by atoms with Gasteiger partial charge in [0, 0.05) is 12.3 Å². The zero-order valence-electron chi connectivity index (χ0n) is 11.3. The summed E-state index contributed by atoms with van der Waals surface area (Å²) in [5, 5.41) is 17.3. The number of ketones is 1. The van der Waals surface area contributed by atoms with Crippen molar-refractivity contribution in [3.63, 3.8) is 0 Å². The van der Waals surface area contributed by atoms with E-state index in [1.165, 1.54) is 10.8 Å². The molecule has 11 heteroatoms. The Labute approximate surface area is 130 Å². The molecule has 1 fully saturated rings. The minimum absolute atomic E-state index is 0.239. The van der Waals surface area contributed by atoms with Crippen LogP contribution in [0.15, 0.2) is 0 Å². The van der Waals surface area contributed by atoms with Crippen LogP contribution in [-0.2, 0) is 18.4 Å². The van der Waals surface area contributed by atoms with Crippen LogP contribution in [0.1, 0.15) is 12.8 Å². The topological polar surface area (TPSA) is 139 Å². The second kappa shape index (κ2) is 9.49. The number of aliphatic hydroxyl groups excluding tert-OH is 2. The molecule has 1 aliphatic rings. The maximum Gasteiger partial charge on any atom is 0.473 e. The first kappa shape index (κ1) is 19.4. The van der Waals surface area contributed by atoms with E-state index in [4.69, 9.17) is 20.5 Å². The van der Waals surface area contributed by atoms with Crippen molar-refractivity contribution in [3.05, 3.63) is 0 Å². The quantitative estimate of drug-likeness (QED) is 0.325. The Bertz CT molecular complexity index is 380. The average molecular weight is 361 g/mol. The van der Waals surface area contributed by atoms with Gasteiger partial charge >= 0.3 is 7.82 Å². The molecule has 0 aromatic rings. The number of carbonyl (C=O) groups excluding carboxylic acids is 1. The number of nitrogens with two attached hydrogens (primary N) is 1. The SMILES string of the molecule is NCC(OP(=O)(O)OCC(O)CO)C(=O)C1CCCSS1. The van der Waals surface area contributed by atoms with Crippen molar-refractivity contribution >= 4 is 35.2 Å². The summed E-state index contributed by atoms with van der Waals surface area (Å²) in [5.74, 6) is 0.624. The summed E-state index contributed by atoms with van der Waals surface area (Å²) >= 11 is 0. The first-order valence-corrected chi connectivity index (χ1v) is 10.2. The molecule has 0 saturated carbocycles. The van der Waals surface area contributed by atoms with Gasteiger partial charge in [0.2, 0.25) is 0 Å². The van der Waals surface area contributed by atoms with Crippen LogP contribution in [0.25, 0.3) is 0 Å². The van der Waals surface area contributed by atoms with Crippen LogP contribution in [0.3, 0.4) is 0 Å². The molecule has 0 aromatic heterocycles. The molecule has 4 atom stereocenters. The van der Waals surface area contributed by atoms with Crippen molar-refractivity contribution in [2.45, 2.75) is 30.3 Å². The molecule has 8 nitrogen and oxygen atoms in total. The van der Waals surface area contributed by atoms with Gasteiger partial charge in [0.25, 0.3) is 0 Å². The van der Waals surface area contributed by atoms with Gasteiger partial charge in [-0.1, -0.05) is 21.6 Å². The zero-order valence-corrected chi connectivity index (χ0v) is 13.8. The van der Waals surface area contributed by atoms with Crippen LogP contribution >= 0.6 is 29.4 Å². The van der Waals surface area contributed by atoms with Gasteiger partial charge in [-0.3, -0.25) is 13.8 Å². The zero-order chi connectivity index (χ0) is 15.9. The summed E-state index contributed by atoms with van der Waals surface area (Å²) in [6, 6.07) is 0. The van der Waals surface area contributed by atoms with Crippen molar-refractivity contribution in [3.8, 4) is 0 Å². The number of Topliss-reactive ketones (excluding diaryl/α,β-unsaturated/α-hetero) is 1. The van der Waals surface area contributed by atoms with E-state index in [1.54, 1.807) is 10.8 Å². The molecule has 0 bridgehead atoms. The third kappa shape index (κ3) is 6.98. The van der Waals surface area contributed by atoms with Gasteiger partial charge in [-0.05, 0) is 12.8 Å². The number of carbonyl (C=O) groups is 1. The van der Waals surface area contributed by atoms with Gasteiger partial charge in [0.05, 0.1) is 18.5 Å². The normalized spacial score (nSPS) is 25.0. The number of phosphoric ester groups is 1. The van der Waals surface area contributed by atoms with E-state index < -0.39 is 33.2 Å². The van der Waals surface area contributed by atoms with Gasteiger partial charge in [0.1, 0.15) is 12.2 Å². The molecular weight excluding hydrogens is 341 g/mol. The van der Waals surface area contributed by atoms with E-state index in [2.05, 4.69) is 4.52 Å². The van der Waals surface area contributed by atoms with E-state index in [-0.39, 0.29) is 17.6 Å². The maximum absolute atomic E-state index is 12.2. The number of aliphatic hydroxyl groups is 2. The van der Waals surface area contributed by atoms with Crippen LogP contribution < -0.4 is 5.73 Å². The predicted molar refractivity (Wildman–Crippen MR) is 80.9 cm³/mol. The second-order valence-electron chi connectivity index (χ2n) is 4.38. The average Bonchev–Trinajstić information content (AvgIpc) is 2.50. The molecule has 1 aliphatic heterocycles. The molecule has 1 heterocycles. The Morgan fingerprint density at radius 2 is 2.24 bits per heavy atom. The fourth-order valence-electron chi connectivity index (χ4n) is 1.54. The third-order valence-corrected chi connectivity index (χ3v) is 6.52. The lowest BCUT2D eigenvalue weighted by molar-refractivity contribution is -0.126. The highest BCUT2D eigenvalue weighted by Gasteiger charge is 2.35. The van der Waals surface area contributed by atoms with Crippen molar-refractivity contribution in [1.82, 2.24) is 0 Å². The number of hydrogen-bond acceptors (Lipinski definition) is 9. The highest BCUT2D eigenvalue weighted by atomic mass is 33.1. The molecule has 0 radical (unpaired) electrons. The summed E-state index contributed by atoms with van der Waals surface area (Å²) < 4.78 is 21.0. The Kier molecular flexibility index (Phi) is 8.77. The van der Waals surface area contributed by atoms with Gasteiger partial charge in [-0.25, -0.2) is 4.57 Å². The van der Waals surface area contributed by atoms with E-state index in [0.717, 1.165) is 12.2 Å². The van der Waals surface area contributed by atoms with Gasteiger partial charge in [0.15, 0.2) is 5.78 Å². The number of hydrogen-bond donors (Lipinski definition) is 4. The Morgan fingerprint density at radius 1 is 1.52 bits per heavy atom. The summed E-state index contributed by atoms with van der Waals surface area (Å²) in [7, 11) is -1.55. The van der Waals surface area contributed by atoms with Crippen molar-refractivity contribution in [1.29, 1.82) is 0 Å². The minimum Gasteiger partial charge on any atom is -0.394 e. The lowest BCUT2D eigenvalue weighted by Gasteiger charge is -2.25. The molecule has 0 spiro atoms. The van der Waals surface area contributed by atoms with Crippen molar-refractivity contribution in [2.24, 2.45) is 5.73 Å².